The summed E-state index contributed by atoms with van der Waals surface area (Å²) < 4.78 is 4.92. The van der Waals surface area contributed by atoms with Crippen molar-refractivity contribution in [3.8, 4) is 11.5 Å². The van der Waals surface area contributed by atoms with Crippen LogP contribution < -0.4 is 15.1 Å². The molecule has 0 unspecified atom stereocenters. The molecule has 0 aliphatic carbocycles. The Bertz CT molecular complexity index is 905. The van der Waals surface area contributed by atoms with E-state index in [1.165, 1.54) is 20.0 Å². The zero-order valence-corrected chi connectivity index (χ0v) is 15.3. The zero-order valence-electron chi connectivity index (χ0n) is 15.3. The van der Waals surface area contributed by atoms with Gasteiger partial charge >= 0.3 is 0 Å². The van der Waals surface area contributed by atoms with Crippen LogP contribution in [0.15, 0.2) is 41.5 Å². The fraction of sp³-hybridized carbons (Fsp3) is 0.263. The first-order valence-corrected chi connectivity index (χ1v) is 8.73. The Balaban J connectivity index is 1.69. The van der Waals surface area contributed by atoms with Gasteiger partial charge < -0.3 is 14.7 Å². The number of non-ortho nitro benzene ring substituents is 1. The number of hydrogen-bond acceptors (Lipinski definition) is 7. The quantitative estimate of drug-likeness (QED) is 0.449. The molecule has 0 saturated carbocycles. The molecule has 2 aromatic carbocycles. The van der Waals surface area contributed by atoms with Crippen LogP contribution in [0.1, 0.15) is 28.8 Å². The van der Waals surface area contributed by atoms with Crippen molar-refractivity contribution in [2.45, 2.75) is 12.8 Å². The third kappa shape index (κ3) is 4.20. The number of carbonyl (C=O) groups is 1. The molecule has 3 rings (SSSR count). The number of amides is 1. The Labute approximate surface area is 161 Å². The average Bonchev–Trinajstić information content (AvgIpc) is 3.24. The lowest BCUT2D eigenvalue weighted by Crippen LogP contribution is -2.19. The zero-order chi connectivity index (χ0) is 20.1. The van der Waals surface area contributed by atoms with Gasteiger partial charge in [-0.15, -0.1) is 0 Å². The normalized spacial score (nSPS) is 13.7. The number of phenols is 1. The lowest BCUT2D eigenvalue weighted by Gasteiger charge is -2.17. The van der Waals surface area contributed by atoms with Crippen LogP contribution in [0.2, 0.25) is 0 Å². The lowest BCUT2D eigenvalue weighted by molar-refractivity contribution is -0.385. The number of rotatable bonds is 6. The first-order chi connectivity index (χ1) is 13.5. The van der Waals surface area contributed by atoms with Crippen LogP contribution in [0.5, 0.6) is 11.5 Å². The highest BCUT2D eigenvalue weighted by Crippen LogP contribution is 2.33. The summed E-state index contributed by atoms with van der Waals surface area (Å²) in [6.45, 7) is 2.04. The maximum atomic E-state index is 12.2. The Hall–Kier alpha value is -3.62. The van der Waals surface area contributed by atoms with Gasteiger partial charge in [0.2, 0.25) is 0 Å². The predicted molar refractivity (Wildman–Crippen MR) is 104 cm³/mol. The number of nitrogens with one attached hydrogen (secondary N) is 1. The van der Waals surface area contributed by atoms with Crippen molar-refractivity contribution in [3.63, 3.8) is 0 Å². The van der Waals surface area contributed by atoms with Crippen LogP contribution in [0.4, 0.5) is 11.4 Å². The summed E-state index contributed by atoms with van der Waals surface area (Å²) >= 11 is 0. The first-order valence-electron chi connectivity index (χ1n) is 8.73. The summed E-state index contributed by atoms with van der Waals surface area (Å²) in [6, 6.07) is 9.45. The van der Waals surface area contributed by atoms with Gasteiger partial charge in [-0.2, -0.15) is 5.10 Å². The molecule has 28 heavy (non-hydrogen) atoms. The number of nitro groups is 1. The van der Waals surface area contributed by atoms with Crippen molar-refractivity contribution < 1.29 is 19.6 Å². The highest BCUT2D eigenvalue weighted by atomic mass is 16.6. The van der Waals surface area contributed by atoms with Crippen molar-refractivity contribution >= 4 is 23.5 Å². The predicted octanol–water partition coefficient (Wildman–Crippen LogP) is 2.67. The summed E-state index contributed by atoms with van der Waals surface area (Å²) in [5.41, 5.74) is 3.64. The number of benzene rings is 2. The van der Waals surface area contributed by atoms with Gasteiger partial charge in [0, 0.05) is 36.0 Å². The molecule has 0 bridgehead atoms. The van der Waals surface area contributed by atoms with E-state index in [4.69, 9.17) is 4.74 Å². The molecule has 1 heterocycles. The van der Waals surface area contributed by atoms with E-state index in [1.807, 2.05) is 12.1 Å². The number of nitrogens with zero attached hydrogens (tertiary/aromatic N) is 3. The van der Waals surface area contributed by atoms with Crippen LogP contribution in [0.25, 0.3) is 0 Å². The second-order valence-electron chi connectivity index (χ2n) is 6.28. The van der Waals surface area contributed by atoms with Crippen molar-refractivity contribution in [3.05, 3.63) is 57.6 Å². The van der Waals surface area contributed by atoms with E-state index in [0.29, 0.717) is 5.56 Å². The molecule has 0 radical (unpaired) electrons. The largest absolute Gasteiger partial charge is 0.504 e. The molecular formula is C19H20N4O5. The molecule has 1 aliphatic heterocycles. The molecule has 1 fully saturated rings. The second kappa shape index (κ2) is 8.38. The Kier molecular flexibility index (Phi) is 5.73. The number of hydrazone groups is 1. The van der Waals surface area contributed by atoms with Crippen LogP contribution in [0, 0.1) is 10.1 Å². The van der Waals surface area contributed by atoms with E-state index >= 15 is 0 Å². The minimum Gasteiger partial charge on any atom is -0.504 e. The molecule has 1 aliphatic rings. The number of nitro benzene ring substituents is 1. The van der Waals surface area contributed by atoms with Crippen LogP contribution >= 0.6 is 0 Å². The Morgan fingerprint density at radius 1 is 1.29 bits per heavy atom. The average molecular weight is 384 g/mol. The molecular weight excluding hydrogens is 364 g/mol. The maximum absolute atomic E-state index is 12.2. The molecule has 146 valence electrons. The molecule has 0 spiro atoms. The van der Waals surface area contributed by atoms with Gasteiger partial charge in [-0.25, -0.2) is 5.43 Å². The van der Waals surface area contributed by atoms with Crippen LogP contribution in [0.3, 0.4) is 0 Å². The molecule has 0 atom stereocenters. The van der Waals surface area contributed by atoms with E-state index in [-0.39, 0.29) is 22.7 Å². The first kappa shape index (κ1) is 19.2. The van der Waals surface area contributed by atoms with Crippen LogP contribution in [-0.2, 0) is 0 Å². The molecule has 2 aromatic rings. The standard InChI is InChI=1S/C19H20N4O5/c1-28-17-11-16(23(26)27)10-14(18(17)24)12-20-21-19(25)13-4-6-15(7-5-13)22-8-2-3-9-22/h4-7,10-12,24H,2-3,8-9H2,1H3,(H,21,25)/b20-12+. The minimum atomic E-state index is -0.611. The van der Waals surface area contributed by atoms with Gasteiger partial charge in [0.1, 0.15) is 0 Å². The van der Waals surface area contributed by atoms with Crippen LogP contribution in [-0.4, -0.2) is 42.4 Å². The minimum absolute atomic E-state index is 0.0516. The van der Waals surface area contributed by atoms with Gasteiger partial charge in [0.05, 0.1) is 24.3 Å². The maximum Gasteiger partial charge on any atom is 0.274 e. The van der Waals surface area contributed by atoms with E-state index in [1.54, 1.807) is 12.1 Å². The second-order valence-corrected chi connectivity index (χ2v) is 6.28. The summed E-state index contributed by atoms with van der Waals surface area (Å²) in [4.78, 5) is 24.8. The van der Waals surface area contributed by atoms with Crippen molar-refractivity contribution in [1.82, 2.24) is 5.43 Å². The molecule has 9 nitrogen and oxygen atoms in total. The van der Waals surface area contributed by atoms with Gasteiger partial charge in [-0.05, 0) is 37.1 Å². The highest BCUT2D eigenvalue weighted by Gasteiger charge is 2.16. The number of methoxy groups -OCH3 is 1. The van der Waals surface area contributed by atoms with Gasteiger partial charge in [0.25, 0.3) is 11.6 Å². The number of ether oxygens (including phenoxy) is 1. The fourth-order valence-corrected chi connectivity index (χ4v) is 3.00. The van der Waals surface area contributed by atoms with Crippen molar-refractivity contribution in [2.75, 3.05) is 25.1 Å². The number of hydrogen-bond donors (Lipinski definition) is 2. The summed E-state index contributed by atoms with van der Waals surface area (Å²) in [5.74, 6) is -0.790. The van der Waals surface area contributed by atoms with Gasteiger partial charge in [-0.3, -0.25) is 14.9 Å². The molecule has 2 N–H and O–H groups in total. The van der Waals surface area contributed by atoms with Gasteiger partial charge in [0.15, 0.2) is 11.5 Å². The molecule has 1 saturated heterocycles. The lowest BCUT2D eigenvalue weighted by atomic mass is 10.1. The summed E-state index contributed by atoms with van der Waals surface area (Å²) in [5, 5.41) is 24.8. The molecule has 9 heteroatoms. The fourth-order valence-electron chi connectivity index (χ4n) is 3.00. The third-order valence-corrected chi connectivity index (χ3v) is 4.49. The topological polar surface area (TPSA) is 117 Å². The third-order valence-electron chi connectivity index (χ3n) is 4.49. The number of carbonyl (C=O) groups excluding carboxylic acids is 1. The Morgan fingerprint density at radius 2 is 1.96 bits per heavy atom. The Morgan fingerprint density at radius 3 is 2.57 bits per heavy atom. The number of phenolic OH excluding ortho intramolecular Hbond substituents is 1. The van der Waals surface area contributed by atoms with Gasteiger partial charge in [-0.1, -0.05) is 0 Å². The molecule has 0 aromatic heterocycles. The summed E-state index contributed by atoms with van der Waals surface area (Å²) in [6.07, 6.45) is 3.47. The monoisotopic (exact) mass is 384 g/mol. The van der Waals surface area contributed by atoms with E-state index < -0.39 is 10.8 Å². The van der Waals surface area contributed by atoms with Crippen molar-refractivity contribution in [2.24, 2.45) is 5.10 Å². The van der Waals surface area contributed by atoms with E-state index in [9.17, 15) is 20.0 Å². The number of aromatic hydroxyl groups is 1. The smallest absolute Gasteiger partial charge is 0.274 e. The van der Waals surface area contributed by atoms with E-state index in [0.717, 1.165) is 37.1 Å². The number of anilines is 1. The SMILES string of the molecule is COc1cc([N+](=O)[O-])cc(/C=N/NC(=O)c2ccc(N3CCCC3)cc2)c1O. The van der Waals surface area contributed by atoms with E-state index in [2.05, 4.69) is 15.4 Å². The summed E-state index contributed by atoms with van der Waals surface area (Å²) in [7, 11) is 1.29. The van der Waals surface area contributed by atoms with Crippen molar-refractivity contribution in [1.29, 1.82) is 0 Å². The highest BCUT2D eigenvalue weighted by molar-refractivity contribution is 5.95. The molecule has 1 amide bonds.